The monoisotopic (exact) mass is 413 g/mol. The van der Waals surface area contributed by atoms with Crippen LogP contribution in [0.5, 0.6) is 11.5 Å². The number of rotatable bonds is 4. The Bertz CT molecular complexity index is 563. The van der Waals surface area contributed by atoms with Crippen LogP contribution in [0.1, 0.15) is 0 Å². The smallest absolute Gasteiger partial charge is 0.591 e. The van der Waals surface area contributed by atoms with Crippen LogP contribution in [0.25, 0.3) is 0 Å². The third-order valence-corrected chi connectivity index (χ3v) is 2.74. The molecular formula is C20H18BFe2O2. The molecule has 25 heavy (non-hydrogen) atoms. The van der Waals surface area contributed by atoms with E-state index in [9.17, 15) is 0 Å². The van der Waals surface area contributed by atoms with Crippen LogP contribution in [-0.2, 0) is 34.1 Å². The summed E-state index contributed by atoms with van der Waals surface area (Å²) in [6.45, 7) is 0. The van der Waals surface area contributed by atoms with Crippen molar-refractivity contribution < 1.29 is 43.4 Å². The molecule has 0 aliphatic carbocycles. The van der Waals surface area contributed by atoms with Crippen LogP contribution >= 0.6 is 0 Å². The molecule has 4 aromatic carbocycles. The van der Waals surface area contributed by atoms with E-state index < -0.39 is 0 Å². The van der Waals surface area contributed by atoms with Gasteiger partial charge in [-0.25, -0.2) is 48.5 Å². The maximum absolute atomic E-state index is 5.17. The molecule has 0 fully saturated rings. The van der Waals surface area contributed by atoms with Gasteiger partial charge >= 0.3 is 41.8 Å². The normalized spacial score (nSPS) is 8.16. The van der Waals surface area contributed by atoms with E-state index in [1.54, 1.807) is 0 Å². The predicted octanol–water partition coefficient (Wildman–Crippen LogP) is 4.92. The van der Waals surface area contributed by atoms with Crippen LogP contribution in [0.15, 0.2) is 109 Å². The van der Waals surface area contributed by atoms with Gasteiger partial charge in [-0.3, -0.25) is 0 Å². The summed E-state index contributed by atoms with van der Waals surface area (Å²) in [7, 11) is 1.32. The molecule has 0 amide bonds. The summed E-state index contributed by atoms with van der Waals surface area (Å²) in [5, 5.41) is 0. The van der Waals surface area contributed by atoms with Crippen molar-refractivity contribution in [3.8, 4) is 11.5 Å². The number of hydrogen-bond acceptors (Lipinski definition) is 2. The number of hydrogen-bond donors (Lipinski definition) is 0. The van der Waals surface area contributed by atoms with E-state index in [4.69, 9.17) is 9.31 Å². The molecule has 0 aliphatic heterocycles. The fourth-order valence-corrected chi connectivity index (χ4v) is 1.65. The second-order valence-electron chi connectivity index (χ2n) is 4.50. The third-order valence-electron chi connectivity index (χ3n) is 2.74. The molecule has 1 radical (unpaired) electrons. The van der Waals surface area contributed by atoms with Gasteiger partial charge in [-0.05, 0) is 11.5 Å². The van der Waals surface area contributed by atoms with E-state index >= 15 is 0 Å². The molecule has 0 atom stereocenters. The first-order valence-corrected chi connectivity index (χ1v) is 7.37. The summed E-state index contributed by atoms with van der Waals surface area (Å²) in [4.78, 5) is 0. The fraction of sp³-hybridized carbons (Fsp3) is 0. The Morgan fingerprint density at radius 1 is 0.520 bits per heavy atom. The Labute approximate surface area is 171 Å². The molecule has 0 aliphatic rings. The van der Waals surface area contributed by atoms with Crippen molar-refractivity contribution in [3.05, 3.63) is 109 Å². The van der Waals surface area contributed by atoms with Crippen LogP contribution < -0.4 is 9.31 Å². The first kappa shape index (κ1) is 23.1. The molecule has 0 bridgehead atoms. The van der Waals surface area contributed by atoms with E-state index in [1.165, 1.54) is 7.69 Å². The van der Waals surface area contributed by atoms with Gasteiger partial charge < -0.3 is 9.31 Å². The largest absolute Gasteiger partial charge is 2.00 e. The Kier molecular flexibility index (Phi) is 14.4. The third kappa shape index (κ3) is 11.3. The zero-order valence-electron chi connectivity index (χ0n) is 13.5. The van der Waals surface area contributed by atoms with Crippen molar-refractivity contribution in [1.82, 2.24) is 0 Å². The molecule has 0 N–H and O–H groups in total. The molecule has 0 spiro atoms. The van der Waals surface area contributed by atoms with Crippen LogP contribution in [0.2, 0.25) is 0 Å². The fourth-order valence-electron chi connectivity index (χ4n) is 1.65. The predicted molar refractivity (Wildman–Crippen MR) is 95.2 cm³/mol. The van der Waals surface area contributed by atoms with E-state index in [0.717, 1.165) is 11.5 Å². The topological polar surface area (TPSA) is 18.5 Å². The van der Waals surface area contributed by atoms with Crippen molar-refractivity contribution in [2.24, 2.45) is 0 Å². The summed E-state index contributed by atoms with van der Waals surface area (Å²) >= 11 is 0. The SMILES string of the molecule is [B](O[c-]1cccc1)O[c-]1cccc1.[Fe+2].[Fe+2].c1cc[cH-]c1.c1cc[cH-]c1. The average molecular weight is 413 g/mol. The molecular weight excluding hydrogens is 395 g/mol. The Balaban J connectivity index is 0.000000400. The molecule has 2 nitrogen and oxygen atoms in total. The van der Waals surface area contributed by atoms with E-state index in [0.29, 0.717) is 0 Å². The first-order valence-electron chi connectivity index (χ1n) is 7.37. The summed E-state index contributed by atoms with van der Waals surface area (Å²) in [5.41, 5.74) is 0. The van der Waals surface area contributed by atoms with Gasteiger partial charge in [-0.15, -0.1) is 24.3 Å². The molecule has 5 heteroatoms. The van der Waals surface area contributed by atoms with Crippen molar-refractivity contribution in [3.63, 3.8) is 0 Å². The van der Waals surface area contributed by atoms with Crippen LogP contribution in [-0.4, -0.2) is 7.69 Å². The molecule has 4 rings (SSSR count). The zero-order valence-corrected chi connectivity index (χ0v) is 15.7. The van der Waals surface area contributed by atoms with Gasteiger partial charge in [0.05, 0.1) is 0 Å². The van der Waals surface area contributed by atoms with Gasteiger partial charge in [0.2, 0.25) is 0 Å². The standard InChI is InChI=1S/C10H8BO2.2C5H5.2Fe/c1-2-6-9(5-1)12-11-13-10-7-3-4-8-10;2*1-2-4-5-3-1;;/h1-8H;2*1-5H;;/q-2;2*-1;2*+2. The maximum Gasteiger partial charge on any atom is 2.00 e. The summed E-state index contributed by atoms with van der Waals surface area (Å²) in [5.74, 6) is 1.57. The summed E-state index contributed by atoms with van der Waals surface area (Å²) in [6.07, 6.45) is 0. The van der Waals surface area contributed by atoms with Crippen molar-refractivity contribution >= 4 is 7.69 Å². The van der Waals surface area contributed by atoms with Crippen LogP contribution in [0.3, 0.4) is 0 Å². The zero-order chi connectivity index (χ0) is 16.0. The van der Waals surface area contributed by atoms with Gasteiger partial charge in [-0.1, -0.05) is 0 Å². The quantitative estimate of drug-likeness (QED) is 0.350. The van der Waals surface area contributed by atoms with Crippen molar-refractivity contribution in [2.75, 3.05) is 0 Å². The summed E-state index contributed by atoms with van der Waals surface area (Å²) in [6, 6.07) is 35.1. The maximum atomic E-state index is 5.17. The first-order chi connectivity index (χ1) is 11.4. The molecule has 4 aromatic rings. The van der Waals surface area contributed by atoms with Gasteiger partial charge in [0.15, 0.2) is 0 Å². The minimum atomic E-state index is 0. The second-order valence-corrected chi connectivity index (χ2v) is 4.50. The average Bonchev–Trinajstić information content (AvgIpc) is 3.39. The Hall–Kier alpha value is -1.90. The Morgan fingerprint density at radius 2 is 0.840 bits per heavy atom. The Morgan fingerprint density at radius 3 is 1.08 bits per heavy atom. The van der Waals surface area contributed by atoms with Gasteiger partial charge in [-0.2, -0.15) is 36.4 Å². The van der Waals surface area contributed by atoms with E-state index in [2.05, 4.69) is 0 Å². The molecule has 0 unspecified atom stereocenters. The minimum Gasteiger partial charge on any atom is -0.591 e. The minimum absolute atomic E-state index is 0. The molecule has 0 aromatic heterocycles. The van der Waals surface area contributed by atoms with Gasteiger partial charge in [0.25, 0.3) is 0 Å². The van der Waals surface area contributed by atoms with E-state index in [-0.39, 0.29) is 34.1 Å². The van der Waals surface area contributed by atoms with Gasteiger partial charge in [0, 0.05) is 0 Å². The van der Waals surface area contributed by atoms with Crippen molar-refractivity contribution in [2.45, 2.75) is 0 Å². The molecule has 0 saturated carbocycles. The van der Waals surface area contributed by atoms with Gasteiger partial charge in [0.1, 0.15) is 0 Å². The van der Waals surface area contributed by atoms with Crippen LogP contribution in [0, 0.1) is 0 Å². The van der Waals surface area contributed by atoms with Crippen molar-refractivity contribution in [1.29, 1.82) is 0 Å². The molecule has 0 heterocycles. The molecule has 129 valence electrons. The molecule has 0 saturated heterocycles. The second kappa shape index (κ2) is 15.6. The van der Waals surface area contributed by atoms with Crippen LogP contribution in [0.4, 0.5) is 0 Å². The summed E-state index contributed by atoms with van der Waals surface area (Å²) < 4.78 is 10.3. The van der Waals surface area contributed by atoms with E-state index in [1.807, 2.05) is 109 Å².